The molecular formula is C42H34N2O2. The van der Waals surface area contributed by atoms with Crippen molar-refractivity contribution in [2.24, 2.45) is 0 Å². The fourth-order valence-corrected chi connectivity index (χ4v) is 7.43. The van der Waals surface area contributed by atoms with Gasteiger partial charge in [0.15, 0.2) is 0 Å². The molecule has 0 aliphatic rings. The van der Waals surface area contributed by atoms with Gasteiger partial charge in [0.05, 0.1) is 22.3 Å². The van der Waals surface area contributed by atoms with E-state index >= 15 is 0 Å². The van der Waals surface area contributed by atoms with E-state index in [1.807, 2.05) is 12.1 Å². The number of imidazole rings is 1. The molecule has 0 spiro atoms. The van der Waals surface area contributed by atoms with Crippen LogP contribution in [-0.2, 0) is 0 Å². The Morgan fingerprint density at radius 2 is 1.13 bits per heavy atom. The topological polar surface area (TPSA) is 44.1 Å². The van der Waals surface area contributed by atoms with Crippen LogP contribution in [0.3, 0.4) is 0 Å². The van der Waals surface area contributed by atoms with Gasteiger partial charge in [-0.05, 0) is 78.4 Å². The average Bonchev–Trinajstić information content (AvgIpc) is 3.75. The molecule has 0 amide bonds. The number of nitrogens with zero attached hydrogens (tertiary/aromatic N) is 2. The molecule has 4 heteroatoms. The first kappa shape index (κ1) is 27.0. The molecule has 4 nitrogen and oxygen atoms in total. The number of aromatic nitrogens is 2. The highest BCUT2D eigenvalue weighted by Gasteiger charge is 2.25. The maximum atomic E-state index is 6.94. The standard InChI is InChI=1S/C42H34N2O2/c1-23(2)33-21-25(5)22-34(24(3)4)38(33)44-36-15-8-7-14-35(36)43-42(44)32-13-10-12-27-29-19-20-30-31(40(29)46-41(27)32)18-17-28-26-11-6-9-16-37(26)45-39(28)30/h6-24H,1-5H3. The normalized spacial score (nSPS) is 12.4. The van der Waals surface area contributed by atoms with E-state index in [1.54, 1.807) is 0 Å². The van der Waals surface area contributed by atoms with E-state index in [0.29, 0.717) is 11.8 Å². The summed E-state index contributed by atoms with van der Waals surface area (Å²) in [5.74, 6) is 1.57. The summed E-state index contributed by atoms with van der Waals surface area (Å²) in [5.41, 5.74) is 11.7. The third-order valence-corrected chi connectivity index (χ3v) is 9.58. The fraction of sp³-hybridized carbons (Fsp3) is 0.167. The van der Waals surface area contributed by atoms with E-state index in [4.69, 9.17) is 13.8 Å². The molecule has 9 aromatic rings. The molecule has 3 heterocycles. The van der Waals surface area contributed by atoms with Gasteiger partial charge in [-0.2, -0.15) is 0 Å². The lowest BCUT2D eigenvalue weighted by Crippen LogP contribution is -2.09. The van der Waals surface area contributed by atoms with Gasteiger partial charge in [-0.25, -0.2) is 4.98 Å². The molecule has 6 aromatic carbocycles. The second-order valence-electron chi connectivity index (χ2n) is 13.2. The number of furan rings is 2. The van der Waals surface area contributed by atoms with Crippen LogP contribution in [0.5, 0.6) is 0 Å². The Morgan fingerprint density at radius 1 is 0.565 bits per heavy atom. The second kappa shape index (κ2) is 9.82. The molecule has 0 aliphatic carbocycles. The van der Waals surface area contributed by atoms with Gasteiger partial charge in [-0.1, -0.05) is 87.9 Å². The highest BCUT2D eigenvalue weighted by molar-refractivity contribution is 6.23. The van der Waals surface area contributed by atoms with Crippen molar-refractivity contribution in [1.82, 2.24) is 9.55 Å². The Labute approximate surface area is 266 Å². The summed E-state index contributed by atoms with van der Waals surface area (Å²) >= 11 is 0. The molecule has 0 bridgehead atoms. The van der Waals surface area contributed by atoms with Crippen molar-refractivity contribution < 1.29 is 8.83 Å². The fourth-order valence-electron chi connectivity index (χ4n) is 7.43. The van der Waals surface area contributed by atoms with Crippen molar-refractivity contribution in [3.63, 3.8) is 0 Å². The van der Waals surface area contributed by atoms with Crippen LogP contribution in [0.1, 0.15) is 56.2 Å². The smallest absolute Gasteiger partial charge is 0.149 e. The molecule has 0 N–H and O–H groups in total. The third-order valence-electron chi connectivity index (χ3n) is 9.58. The summed E-state index contributed by atoms with van der Waals surface area (Å²) < 4.78 is 15.7. The molecule has 0 fully saturated rings. The molecule has 46 heavy (non-hydrogen) atoms. The van der Waals surface area contributed by atoms with Crippen LogP contribution in [-0.4, -0.2) is 9.55 Å². The van der Waals surface area contributed by atoms with Crippen molar-refractivity contribution in [2.45, 2.75) is 46.5 Å². The summed E-state index contributed by atoms with van der Waals surface area (Å²) in [6, 6.07) is 36.5. The first-order chi connectivity index (χ1) is 22.4. The summed E-state index contributed by atoms with van der Waals surface area (Å²) in [6.07, 6.45) is 0. The van der Waals surface area contributed by atoms with Gasteiger partial charge in [0.25, 0.3) is 0 Å². The number of hydrogen-bond acceptors (Lipinski definition) is 3. The van der Waals surface area contributed by atoms with Crippen LogP contribution in [0.25, 0.3) is 82.8 Å². The molecule has 3 aromatic heterocycles. The molecule has 0 saturated carbocycles. The maximum absolute atomic E-state index is 6.94. The lowest BCUT2D eigenvalue weighted by Gasteiger charge is -2.23. The van der Waals surface area contributed by atoms with Gasteiger partial charge in [0.2, 0.25) is 0 Å². The van der Waals surface area contributed by atoms with E-state index in [9.17, 15) is 0 Å². The number of hydrogen-bond donors (Lipinski definition) is 0. The number of rotatable bonds is 4. The molecular weight excluding hydrogens is 564 g/mol. The zero-order valence-corrected chi connectivity index (χ0v) is 26.7. The Hall–Kier alpha value is -5.35. The van der Waals surface area contributed by atoms with Crippen LogP contribution < -0.4 is 0 Å². The van der Waals surface area contributed by atoms with Crippen LogP contribution in [0.4, 0.5) is 0 Å². The van der Waals surface area contributed by atoms with Crippen LogP contribution in [0.15, 0.2) is 112 Å². The van der Waals surface area contributed by atoms with E-state index in [-0.39, 0.29) is 0 Å². The lowest BCUT2D eigenvalue weighted by atomic mass is 9.90. The minimum absolute atomic E-state index is 0.338. The Balaban J connectivity index is 1.37. The maximum Gasteiger partial charge on any atom is 0.149 e. The zero-order valence-electron chi connectivity index (χ0n) is 26.7. The predicted octanol–water partition coefficient (Wildman–Crippen LogP) is 12.2. The van der Waals surface area contributed by atoms with Gasteiger partial charge in [-0.15, -0.1) is 0 Å². The van der Waals surface area contributed by atoms with Crippen LogP contribution in [0, 0.1) is 6.92 Å². The van der Waals surface area contributed by atoms with E-state index < -0.39 is 0 Å². The largest absolute Gasteiger partial charge is 0.455 e. The summed E-state index contributed by atoms with van der Waals surface area (Å²) in [6.45, 7) is 11.3. The Morgan fingerprint density at radius 3 is 1.83 bits per heavy atom. The van der Waals surface area contributed by atoms with Crippen LogP contribution >= 0.6 is 0 Å². The summed E-state index contributed by atoms with van der Waals surface area (Å²) in [4.78, 5) is 5.32. The molecule has 0 aliphatic heterocycles. The van der Waals surface area contributed by atoms with Gasteiger partial charge >= 0.3 is 0 Å². The lowest BCUT2D eigenvalue weighted by molar-refractivity contribution is 0.669. The average molecular weight is 599 g/mol. The minimum Gasteiger partial charge on any atom is -0.455 e. The number of fused-ring (bicyclic) bond motifs is 10. The van der Waals surface area contributed by atoms with Gasteiger partial charge in [0, 0.05) is 32.3 Å². The SMILES string of the molecule is Cc1cc(C(C)C)c(-n2c(-c3cccc4c3oc3c4ccc4c3ccc3c5ccccc5oc34)nc3ccccc32)c(C(C)C)c1. The van der Waals surface area contributed by atoms with E-state index in [0.717, 1.165) is 77.1 Å². The molecule has 0 atom stereocenters. The highest BCUT2D eigenvalue weighted by atomic mass is 16.3. The second-order valence-corrected chi connectivity index (χ2v) is 13.2. The van der Waals surface area contributed by atoms with Crippen molar-refractivity contribution in [1.29, 1.82) is 0 Å². The zero-order chi connectivity index (χ0) is 31.3. The monoisotopic (exact) mass is 598 g/mol. The molecule has 9 rings (SSSR count). The number of aryl methyl sites for hydroxylation is 1. The highest BCUT2D eigenvalue weighted by Crippen LogP contribution is 2.44. The number of para-hydroxylation sites is 4. The third kappa shape index (κ3) is 3.76. The Kier molecular flexibility index (Phi) is 5.77. The first-order valence-corrected chi connectivity index (χ1v) is 16.2. The van der Waals surface area contributed by atoms with E-state index in [2.05, 4.69) is 130 Å². The van der Waals surface area contributed by atoms with Gasteiger partial charge in [-0.3, -0.25) is 4.57 Å². The van der Waals surface area contributed by atoms with Gasteiger partial charge < -0.3 is 8.83 Å². The van der Waals surface area contributed by atoms with Crippen molar-refractivity contribution in [3.05, 3.63) is 120 Å². The summed E-state index contributed by atoms with van der Waals surface area (Å²) in [5, 5.41) is 6.51. The molecule has 224 valence electrons. The molecule has 0 unspecified atom stereocenters. The van der Waals surface area contributed by atoms with E-state index in [1.165, 1.54) is 22.4 Å². The van der Waals surface area contributed by atoms with Crippen molar-refractivity contribution in [2.75, 3.05) is 0 Å². The quantitative estimate of drug-likeness (QED) is 0.202. The Bertz CT molecular complexity index is 2630. The minimum atomic E-state index is 0.338. The summed E-state index contributed by atoms with van der Waals surface area (Å²) in [7, 11) is 0. The van der Waals surface area contributed by atoms with Crippen LogP contribution in [0.2, 0.25) is 0 Å². The van der Waals surface area contributed by atoms with Crippen molar-refractivity contribution in [3.8, 4) is 17.1 Å². The number of benzene rings is 6. The predicted molar refractivity (Wildman–Crippen MR) is 191 cm³/mol. The van der Waals surface area contributed by atoms with Crippen molar-refractivity contribution >= 4 is 65.7 Å². The molecule has 0 radical (unpaired) electrons. The first-order valence-electron chi connectivity index (χ1n) is 16.2. The molecule has 0 saturated heterocycles. The van der Waals surface area contributed by atoms with Gasteiger partial charge in [0.1, 0.15) is 28.2 Å².